The van der Waals surface area contributed by atoms with Crippen molar-refractivity contribution >= 4 is 67.5 Å². The summed E-state index contributed by atoms with van der Waals surface area (Å²) in [5.41, 5.74) is 7.40. The summed E-state index contributed by atoms with van der Waals surface area (Å²) in [6, 6.07) is 8.02. The summed E-state index contributed by atoms with van der Waals surface area (Å²) in [4.78, 5) is 49.5. The zero-order valence-corrected chi connectivity index (χ0v) is 36.4. The maximum absolute atomic E-state index is 13.0. The molecule has 19 nitrogen and oxygen atoms in total. The lowest BCUT2D eigenvalue weighted by Gasteiger charge is -2.29. The van der Waals surface area contributed by atoms with E-state index in [0.29, 0.717) is 44.6 Å². The number of anilines is 4. The van der Waals surface area contributed by atoms with Crippen molar-refractivity contribution in [3.63, 3.8) is 0 Å². The molecule has 0 aromatic carbocycles. The van der Waals surface area contributed by atoms with Gasteiger partial charge in [0.05, 0.1) is 47.5 Å². The second-order valence-corrected chi connectivity index (χ2v) is 18.3. The lowest BCUT2D eigenvalue weighted by molar-refractivity contribution is 0.0690. The number of carbonyl (C=O) groups excluding carboxylic acids is 1. The van der Waals surface area contributed by atoms with Crippen LogP contribution in [0.25, 0.3) is 11.0 Å². The molecule has 0 bridgehead atoms. The van der Waals surface area contributed by atoms with Crippen molar-refractivity contribution in [2.45, 2.75) is 61.8 Å². The first kappa shape index (κ1) is 44.2. The van der Waals surface area contributed by atoms with Crippen LogP contribution in [0.1, 0.15) is 59.5 Å². The molecule has 4 fully saturated rings. The first-order valence-electron chi connectivity index (χ1n) is 21.1. The summed E-state index contributed by atoms with van der Waals surface area (Å²) < 4.78 is 4.05. The number of carbonyl (C=O) groups is 2. The van der Waals surface area contributed by atoms with Gasteiger partial charge in [-0.1, -0.05) is 0 Å². The molecular weight excluding hydrogens is 849 g/mol. The number of carboxylic acids is 1. The SMILES string of the molecule is NC1(CO)CCN(c2nccn3cccc23)C1.O=C(N[C@@]1(CO)CCN(c2nccn3cccc23)C1)c1csc(N2CCC(O)CC2)n1.O=C(O)c1csc(N2CCC(O)CC2)n1. The summed E-state index contributed by atoms with van der Waals surface area (Å²) in [5, 5.41) is 55.1. The lowest BCUT2D eigenvalue weighted by Crippen LogP contribution is -2.53. The van der Waals surface area contributed by atoms with Crippen LogP contribution in [0.5, 0.6) is 0 Å². The van der Waals surface area contributed by atoms with Gasteiger partial charge in [0.2, 0.25) is 0 Å². The fourth-order valence-electron chi connectivity index (χ4n) is 8.37. The minimum atomic E-state index is -0.991. The van der Waals surface area contributed by atoms with Crippen molar-refractivity contribution in [2.75, 3.05) is 85.2 Å². The van der Waals surface area contributed by atoms with E-state index >= 15 is 0 Å². The number of fused-ring (bicyclic) bond motifs is 2. The Morgan fingerprint density at radius 1 is 0.698 bits per heavy atom. The van der Waals surface area contributed by atoms with Gasteiger partial charge in [-0.15, -0.1) is 22.7 Å². The van der Waals surface area contributed by atoms with Crippen molar-refractivity contribution in [1.82, 2.24) is 34.1 Å². The van der Waals surface area contributed by atoms with Gasteiger partial charge in [0.25, 0.3) is 5.91 Å². The maximum atomic E-state index is 13.0. The number of thiazole rings is 2. The van der Waals surface area contributed by atoms with E-state index in [1.807, 2.05) is 62.8 Å². The Labute approximate surface area is 371 Å². The van der Waals surface area contributed by atoms with Crippen molar-refractivity contribution < 1.29 is 35.1 Å². The van der Waals surface area contributed by atoms with Crippen LogP contribution in [0.3, 0.4) is 0 Å². The Bertz CT molecular complexity index is 2480. The van der Waals surface area contributed by atoms with Gasteiger partial charge in [-0.05, 0) is 62.8 Å². The molecule has 1 unspecified atom stereocenters. The van der Waals surface area contributed by atoms with Crippen molar-refractivity contribution in [2.24, 2.45) is 5.73 Å². The second kappa shape index (κ2) is 19.1. The summed E-state index contributed by atoms with van der Waals surface area (Å²) in [6.07, 6.45) is 15.2. The predicted molar refractivity (Wildman–Crippen MR) is 241 cm³/mol. The number of aromatic nitrogens is 6. The number of amides is 1. The lowest BCUT2D eigenvalue weighted by atomic mass is 10.00. The first-order valence-corrected chi connectivity index (χ1v) is 22.9. The molecule has 6 aromatic heterocycles. The molecule has 21 heteroatoms. The van der Waals surface area contributed by atoms with Crippen LogP contribution >= 0.6 is 22.7 Å². The fourth-order valence-corrected chi connectivity index (χ4v) is 10.1. The number of carboxylic acid groups (broad SMARTS) is 1. The van der Waals surface area contributed by atoms with Crippen LogP contribution in [0, 0.1) is 0 Å². The van der Waals surface area contributed by atoms with E-state index in [2.05, 4.69) is 40.0 Å². The molecule has 336 valence electrons. The molecule has 63 heavy (non-hydrogen) atoms. The largest absolute Gasteiger partial charge is 0.476 e. The quantitative estimate of drug-likeness (QED) is 0.110. The van der Waals surface area contributed by atoms with Crippen LogP contribution in [-0.2, 0) is 0 Å². The van der Waals surface area contributed by atoms with E-state index in [4.69, 9.17) is 10.8 Å². The molecule has 0 spiro atoms. The number of nitrogens with zero attached hydrogens (tertiary/aromatic N) is 10. The molecule has 10 rings (SSSR count). The summed E-state index contributed by atoms with van der Waals surface area (Å²) in [6.45, 7) is 5.50. The average Bonchev–Trinajstić information content (AvgIpc) is 4.16. The molecule has 4 aliphatic heterocycles. The van der Waals surface area contributed by atoms with Gasteiger partial charge in [-0.2, -0.15) is 0 Å². The monoisotopic (exact) mass is 902 g/mol. The molecule has 8 N–H and O–H groups in total. The summed E-state index contributed by atoms with van der Waals surface area (Å²) in [5.74, 6) is 0.525. The minimum absolute atomic E-state index is 0.0215. The number of aliphatic hydroxyl groups is 4. The Balaban J connectivity index is 0.000000143. The van der Waals surface area contributed by atoms with E-state index in [1.54, 1.807) is 23.2 Å². The van der Waals surface area contributed by atoms with E-state index in [9.17, 15) is 30.0 Å². The number of nitrogens with two attached hydrogens (primary N) is 1. The highest BCUT2D eigenvalue weighted by Crippen LogP contribution is 2.31. The Morgan fingerprint density at radius 2 is 1.21 bits per heavy atom. The van der Waals surface area contributed by atoms with E-state index < -0.39 is 17.0 Å². The molecule has 2 atom stereocenters. The molecule has 1 amide bonds. The standard InChI is InChI=1S/C21H26N6O3S.C12H16N4O.C9H12N2O3S/c28-14-21(5-10-27(13-21)18-17-2-1-7-25(17)11-6-22-18)24-19(30)16-12-31-20(23-16)26-8-3-15(29)4-9-26;13-12(9-17)3-6-16(8-12)11-10-2-1-5-15(10)7-4-14-11;12-6-1-3-11(4-2-6)9-10-7(5-15-9)8(13)14/h1-2,6-7,11-12,15,28-29H,3-5,8-10,13-14H2,(H,24,30);1-2,4-5,7,17H,3,6,8-9,13H2;5-6,12H,1-4H2,(H,13,14)/t21-;;/m0../s1. The molecule has 4 saturated heterocycles. The third-order valence-electron chi connectivity index (χ3n) is 12.1. The van der Waals surface area contributed by atoms with E-state index in [-0.39, 0.29) is 37.0 Å². The minimum Gasteiger partial charge on any atom is -0.476 e. The second-order valence-electron chi connectivity index (χ2n) is 16.6. The zero-order valence-electron chi connectivity index (χ0n) is 34.8. The smallest absolute Gasteiger partial charge is 0.355 e. The number of hydrogen-bond donors (Lipinski definition) is 7. The third kappa shape index (κ3) is 10.0. The topological polar surface area (TPSA) is 247 Å². The Hall–Kier alpha value is -5.42. The highest BCUT2D eigenvalue weighted by molar-refractivity contribution is 7.14. The van der Waals surface area contributed by atoms with Gasteiger partial charge in [0, 0.05) is 100 Å². The van der Waals surface area contributed by atoms with Gasteiger partial charge in [-0.3, -0.25) is 4.79 Å². The zero-order chi connectivity index (χ0) is 44.1. The van der Waals surface area contributed by atoms with Crippen molar-refractivity contribution in [3.05, 3.63) is 83.6 Å². The summed E-state index contributed by atoms with van der Waals surface area (Å²) in [7, 11) is 0. The number of aliphatic hydroxyl groups excluding tert-OH is 4. The van der Waals surface area contributed by atoms with Gasteiger partial charge >= 0.3 is 5.97 Å². The highest BCUT2D eigenvalue weighted by atomic mass is 32.1. The van der Waals surface area contributed by atoms with Crippen LogP contribution in [0.15, 0.2) is 72.2 Å². The Morgan fingerprint density at radius 3 is 1.70 bits per heavy atom. The van der Waals surface area contributed by atoms with Gasteiger partial charge in [0.15, 0.2) is 27.6 Å². The molecule has 4 aliphatic rings. The molecule has 0 aliphatic carbocycles. The van der Waals surface area contributed by atoms with Gasteiger partial charge < -0.3 is 65.0 Å². The van der Waals surface area contributed by atoms with Gasteiger partial charge in [0.1, 0.15) is 5.69 Å². The summed E-state index contributed by atoms with van der Waals surface area (Å²) >= 11 is 2.77. The van der Waals surface area contributed by atoms with Crippen molar-refractivity contribution in [1.29, 1.82) is 0 Å². The van der Waals surface area contributed by atoms with Crippen molar-refractivity contribution in [3.8, 4) is 0 Å². The normalized spacial score (nSPS) is 22.0. The van der Waals surface area contributed by atoms with Crippen LogP contribution < -0.4 is 30.7 Å². The number of nitrogens with one attached hydrogen (secondary N) is 1. The highest BCUT2D eigenvalue weighted by Gasteiger charge is 2.41. The molecule has 6 aromatic rings. The van der Waals surface area contributed by atoms with E-state index in [1.165, 1.54) is 22.7 Å². The van der Waals surface area contributed by atoms with Crippen LogP contribution in [-0.4, -0.2) is 155 Å². The number of hydrogen-bond acceptors (Lipinski definition) is 17. The fraction of sp³-hybridized carbons (Fsp3) is 0.476. The average molecular weight is 903 g/mol. The molecule has 0 radical (unpaired) electrons. The van der Waals surface area contributed by atoms with E-state index in [0.717, 1.165) is 84.9 Å². The first-order chi connectivity index (χ1) is 30.4. The van der Waals surface area contributed by atoms with Crippen LogP contribution in [0.4, 0.5) is 21.9 Å². The predicted octanol–water partition coefficient (Wildman–Crippen LogP) is 2.16. The van der Waals surface area contributed by atoms with Crippen LogP contribution in [0.2, 0.25) is 0 Å². The maximum Gasteiger partial charge on any atom is 0.355 e. The Kier molecular flexibility index (Phi) is 13.4. The molecule has 0 saturated carbocycles. The third-order valence-corrected chi connectivity index (χ3v) is 13.9. The molecular formula is C42H54N12O7S2. The number of piperidine rings is 2. The number of rotatable bonds is 9. The number of aromatic carboxylic acids is 1. The molecule has 10 heterocycles. The van der Waals surface area contributed by atoms with Gasteiger partial charge in [-0.25, -0.2) is 24.7 Å².